The van der Waals surface area contributed by atoms with E-state index in [1.54, 1.807) is 0 Å². The molecule has 108 valence electrons. The predicted molar refractivity (Wildman–Crippen MR) is 71.8 cm³/mol. The largest absolute Gasteiger partial charge is 0.480 e. The van der Waals surface area contributed by atoms with E-state index >= 15 is 0 Å². The highest BCUT2D eigenvalue weighted by molar-refractivity contribution is 5.83. The lowest BCUT2D eigenvalue weighted by Gasteiger charge is -2.25. The zero-order valence-corrected chi connectivity index (χ0v) is 11.8. The van der Waals surface area contributed by atoms with Crippen LogP contribution in [-0.2, 0) is 4.79 Å². The quantitative estimate of drug-likeness (QED) is 0.821. The molecule has 5 heteroatoms. The highest BCUT2D eigenvalue weighted by atomic mass is 16.4. The van der Waals surface area contributed by atoms with E-state index in [2.05, 4.69) is 12.2 Å². The Morgan fingerprint density at radius 2 is 1.95 bits per heavy atom. The Morgan fingerprint density at radius 3 is 2.53 bits per heavy atom. The summed E-state index contributed by atoms with van der Waals surface area (Å²) >= 11 is 0. The fraction of sp³-hybridized carbons (Fsp3) is 0.857. The van der Waals surface area contributed by atoms with Gasteiger partial charge in [0.2, 0.25) is 0 Å². The van der Waals surface area contributed by atoms with Gasteiger partial charge in [0.1, 0.15) is 6.04 Å². The summed E-state index contributed by atoms with van der Waals surface area (Å²) in [5.41, 5.74) is 0. The Bertz CT molecular complexity index is 359. The molecule has 4 unspecified atom stereocenters. The van der Waals surface area contributed by atoms with Gasteiger partial charge in [-0.25, -0.2) is 9.59 Å². The van der Waals surface area contributed by atoms with Crippen molar-refractivity contribution in [3.05, 3.63) is 0 Å². The highest BCUT2D eigenvalue weighted by Crippen LogP contribution is 2.30. The summed E-state index contributed by atoms with van der Waals surface area (Å²) in [6, 6.07) is -0.878. The summed E-state index contributed by atoms with van der Waals surface area (Å²) in [4.78, 5) is 24.8. The molecular weight excluding hydrogens is 244 g/mol. The Labute approximate surface area is 114 Å². The lowest BCUT2D eigenvalue weighted by molar-refractivity contribution is -0.142. The summed E-state index contributed by atoms with van der Waals surface area (Å²) in [5.74, 6) is 0.350. The van der Waals surface area contributed by atoms with Crippen LogP contribution < -0.4 is 5.32 Å². The number of carbonyl (C=O) groups is 2. The highest BCUT2D eigenvalue weighted by Gasteiger charge is 2.39. The molecule has 0 radical (unpaired) electrons. The van der Waals surface area contributed by atoms with Gasteiger partial charge in [-0.2, -0.15) is 0 Å². The second-order valence-corrected chi connectivity index (χ2v) is 6.10. The van der Waals surface area contributed by atoms with Crippen LogP contribution in [-0.4, -0.2) is 41.1 Å². The minimum atomic E-state index is -0.894. The number of nitrogens with one attached hydrogen (secondary N) is 1. The number of nitrogens with zero attached hydrogens (tertiary/aromatic N) is 1. The Morgan fingerprint density at radius 1 is 1.21 bits per heavy atom. The number of urea groups is 1. The maximum absolute atomic E-state index is 12.1. The van der Waals surface area contributed by atoms with Crippen LogP contribution in [0, 0.1) is 17.8 Å². The van der Waals surface area contributed by atoms with Gasteiger partial charge in [0.15, 0.2) is 0 Å². The number of hydrogen-bond donors (Lipinski definition) is 2. The van der Waals surface area contributed by atoms with Crippen LogP contribution in [0.25, 0.3) is 0 Å². The van der Waals surface area contributed by atoms with Gasteiger partial charge in [-0.15, -0.1) is 0 Å². The molecule has 2 N–H and O–H groups in total. The van der Waals surface area contributed by atoms with Gasteiger partial charge in [0, 0.05) is 13.1 Å². The van der Waals surface area contributed by atoms with E-state index < -0.39 is 12.0 Å². The van der Waals surface area contributed by atoms with Crippen LogP contribution in [0.1, 0.15) is 39.5 Å². The van der Waals surface area contributed by atoms with Gasteiger partial charge >= 0.3 is 12.0 Å². The van der Waals surface area contributed by atoms with Gasteiger partial charge in [-0.1, -0.05) is 26.7 Å². The van der Waals surface area contributed by atoms with Crippen LogP contribution >= 0.6 is 0 Å². The third-order valence-corrected chi connectivity index (χ3v) is 4.77. The van der Waals surface area contributed by atoms with Crippen LogP contribution in [0.5, 0.6) is 0 Å². The van der Waals surface area contributed by atoms with Crippen molar-refractivity contribution in [2.75, 3.05) is 13.1 Å². The first kappa shape index (κ1) is 14.2. The Balaban J connectivity index is 1.87. The summed E-state index contributed by atoms with van der Waals surface area (Å²) in [5, 5.41) is 12.1. The van der Waals surface area contributed by atoms with Crippen molar-refractivity contribution in [2.45, 2.75) is 45.6 Å². The standard InChI is InChI=1S/C14H24N2O3/c1-9-4-3-5-11(9)8-15-14(19)16-7-6-10(2)12(16)13(17)18/h9-12H,3-8H2,1-2H3,(H,15,19)(H,17,18). The molecule has 1 heterocycles. The number of likely N-dealkylation sites (tertiary alicyclic amines) is 1. The van der Waals surface area contributed by atoms with Crippen molar-refractivity contribution in [1.29, 1.82) is 0 Å². The van der Waals surface area contributed by atoms with E-state index in [-0.39, 0.29) is 11.9 Å². The fourth-order valence-electron chi connectivity index (χ4n) is 3.40. The molecule has 0 aromatic rings. The van der Waals surface area contributed by atoms with E-state index in [9.17, 15) is 14.7 Å². The maximum atomic E-state index is 12.1. The molecule has 2 rings (SSSR count). The smallest absolute Gasteiger partial charge is 0.326 e. The maximum Gasteiger partial charge on any atom is 0.326 e. The van der Waals surface area contributed by atoms with Gasteiger partial charge in [-0.05, 0) is 30.6 Å². The summed E-state index contributed by atoms with van der Waals surface area (Å²) in [7, 11) is 0. The Hall–Kier alpha value is -1.26. The average molecular weight is 268 g/mol. The molecule has 5 nitrogen and oxygen atoms in total. The summed E-state index contributed by atoms with van der Waals surface area (Å²) in [6.07, 6.45) is 4.41. The van der Waals surface area contributed by atoms with E-state index in [0.29, 0.717) is 24.9 Å². The monoisotopic (exact) mass is 268 g/mol. The van der Waals surface area contributed by atoms with Gasteiger partial charge in [0.05, 0.1) is 0 Å². The first-order chi connectivity index (χ1) is 9.00. The van der Waals surface area contributed by atoms with Crippen molar-refractivity contribution in [3.8, 4) is 0 Å². The molecule has 0 spiro atoms. The second-order valence-electron chi connectivity index (χ2n) is 6.10. The molecular formula is C14H24N2O3. The van der Waals surface area contributed by atoms with Gasteiger partial charge < -0.3 is 15.3 Å². The normalized spacial score (nSPS) is 34.5. The fourth-order valence-corrected chi connectivity index (χ4v) is 3.40. The Kier molecular flexibility index (Phi) is 4.32. The molecule has 1 aliphatic heterocycles. The van der Waals surface area contributed by atoms with Crippen LogP contribution in [0.4, 0.5) is 4.79 Å². The molecule has 2 amide bonds. The molecule has 0 aromatic heterocycles. The summed E-state index contributed by atoms with van der Waals surface area (Å²) < 4.78 is 0. The first-order valence-corrected chi connectivity index (χ1v) is 7.28. The van der Waals surface area contributed by atoms with E-state index in [0.717, 1.165) is 6.42 Å². The number of rotatable bonds is 3. The second kappa shape index (κ2) is 5.80. The minimum absolute atomic E-state index is 0.0358. The van der Waals surface area contributed by atoms with Crippen LogP contribution in [0.3, 0.4) is 0 Å². The van der Waals surface area contributed by atoms with Crippen LogP contribution in [0.2, 0.25) is 0 Å². The number of aliphatic carboxylic acids is 1. The molecule has 1 aliphatic carbocycles. The van der Waals surface area contributed by atoms with Crippen molar-refractivity contribution in [1.82, 2.24) is 10.2 Å². The number of carbonyl (C=O) groups excluding carboxylic acids is 1. The van der Waals surface area contributed by atoms with Crippen molar-refractivity contribution >= 4 is 12.0 Å². The number of carboxylic acids is 1. The van der Waals surface area contributed by atoms with E-state index in [4.69, 9.17) is 0 Å². The molecule has 4 atom stereocenters. The third kappa shape index (κ3) is 3.01. The molecule has 2 aliphatic rings. The SMILES string of the molecule is CC1CCCC1CNC(=O)N1CCC(C)C1C(=O)O. The molecule has 1 saturated carbocycles. The topological polar surface area (TPSA) is 69.6 Å². The molecule has 0 bridgehead atoms. The van der Waals surface area contributed by atoms with E-state index in [1.165, 1.54) is 24.2 Å². The number of hydrogen-bond acceptors (Lipinski definition) is 2. The van der Waals surface area contributed by atoms with E-state index in [1.807, 2.05) is 6.92 Å². The zero-order valence-electron chi connectivity index (χ0n) is 11.8. The lowest BCUT2D eigenvalue weighted by atomic mass is 9.98. The molecule has 2 fully saturated rings. The number of amides is 2. The number of carboxylic acid groups (broad SMARTS) is 1. The average Bonchev–Trinajstić information content (AvgIpc) is 2.92. The lowest BCUT2D eigenvalue weighted by Crippen LogP contribution is -2.48. The predicted octanol–water partition coefficient (Wildman–Crippen LogP) is 1.93. The third-order valence-electron chi connectivity index (χ3n) is 4.77. The first-order valence-electron chi connectivity index (χ1n) is 7.28. The summed E-state index contributed by atoms with van der Waals surface area (Å²) in [6.45, 7) is 5.34. The van der Waals surface area contributed by atoms with Crippen molar-refractivity contribution < 1.29 is 14.7 Å². The minimum Gasteiger partial charge on any atom is -0.480 e. The molecule has 1 saturated heterocycles. The van der Waals surface area contributed by atoms with Gasteiger partial charge in [-0.3, -0.25) is 0 Å². The van der Waals surface area contributed by atoms with Crippen molar-refractivity contribution in [2.24, 2.45) is 17.8 Å². The molecule has 19 heavy (non-hydrogen) atoms. The van der Waals surface area contributed by atoms with Crippen molar-refractivity contribution in [3.63, 3.8) is 0 Å². The zero-order chi connectivity index (χ0) is 14.0. The van der Waals surface area contributed by atoms with Gasteiger partial charge in [0.25, 0.3) is 0 Å². The molecule has 0 aromatic carbocycles. The van der Waals surface area contributed by atoms with Crippen LogP contribution in [0.15, 0.2) is 0 Å².